The van der Waals surface area contributed by atoms with E-state index in [1.807, 2.05) is 37.5 Å². The zero-order chi connectivity index (χ0) is 13.8. The molecule has 1 unspecified atom stereocenters. The van der Waals surface area contributed by atoms with Crippen LogP contribution in [0.2, 0.25) is 0 Å². The molecule has 1 heterocycles. The third-order valence-electron chi connectivity index (χ3n) is 3.42. The van der Waals surface area contributed by atoms with Gasteiger partial charge in [-0.3, -0.25) is 0 Å². The summed E-state index contributed by atoms with van der Waals surface area (Å²) in [7, 11) is 2.05. The molecule has 2 rings (SSSR count). The van der Waals surface area contributed by atoms with E-state index in [1.54, 1.807) is 0 Å². The summed E-state index contributed by atoms with van der Waals surface area (Å²) >= 11 is 0. The molecule has 1 atom stereocenters. The third-order valence-corrected chi connectivity index (χ3v) is 3.42. The van der Waals surface area contributed by atoms with Crippen LogP contribution in [0.5, 0.6) is 0 Å². The predicted octanol–water partition coefficient (Wildman–Crippen LogP) is 2.97. The van der Waals surface area contributed by atoms with Crippen molar-refractivity contribution in [2.75, 3.05) is 11.9 Å². The van der Waals surface area contributed by atoms with Gasteiger partial charge in [0, 0.05) is 24.8 Å². The molecular weight excluding hydrogens is 234 g/mol. The summed E-state index contributed by atoms with van der Waals surface area (Å²) in [4.78, 5) is 6.64. The molecule has 0 aliphatic rings. The molecule has 0 aliphatic heterocycles. The summed E-state index contributed by atoms with van der Waals surface area (Å²) < 4.78 is 0. The molecule has 0 radical (unpaired) electrons. The fourth-order valence-corrected chi connectivity index (χ4v) is 2.03. The van der Waals surface area contributed by atoms with Gasteiger partial charge in [-0.15, -0.1) is 0 Å². The minimum atomic E-state index is -0.147. The average Bonchev–Trinajstić information content (AvgIpc) is 2.46. The van der Waals surface area contributed by atoms with Crippen LogP contribution in [0.3, 0.4) is 0 Å². The lowest BCUT2D eigenvalue weighted by atomic mass is 10.00. The second-order valence-corrected chi connectivity index (χ2v) is 5.01. The van der Waals surface area contributed by atoms with Gasteiger partial charge in [-0.1, -0.05) is 36.4 Å². The first-order chi connectivity index (χ1) is 9.11. The molecule has 2 N–H and O–H groups in total. The van der Waals surface area contributed by atoms with Crippen molar-refractivity contribution in [3.05, 3.63) is 59.8 Å². The van der Waals surface area contributed by atoms with E-state index in [2.05, 4.69) is 41.9 Å². The lowest BCUT2D eigenvalue weighted by Crippen LogP contribution is -2.29. The molecule has 0 spiro atoms. The van der Waals surface area contributed by atoms with Gasteiger partial charge in [0.25, 0.3) is 0 Å². The Hall–Kier alpha value is -1.87. The first-order valence-corrected chi connectivity index (χ1v) is 6.59. The highest BCUT2D eigenvalue weighted by molar-refractivity contribution is 5.51. The molecule has 0 amide bonds. The summed E-state index contributed by atoms with van der Waals surface area (Å²) in [5.41, 5.74) is 8.55. The van der Waals surface area contributed by atoms with Crippen molar-refractivity contribution in [1.82, 2.24) is 4.98 Å². The van der Waals surface area contributed by atoms with Crippen molar-refractivity contribution in [1.29, 1.82) is 0 Å². The lowest BCUT2D eigenvalue weighted by molar-refractivity contribution is 0.728. The van der Waals surface area contributed by atoms with E-state index >= 15 is 0 Å². The first-order valence-electron chi connectivity index (χ1n) is 6.59. The molecule has 0 saturated heterocycles. The topological polar surface area (TPSA) is 42.2 Å². The summed E-state index contributed by atoms with van der Waals surface area (Å²) in [6.45, 7) is 4.29. The van der Waals surface area contributed by atoms with Crippen LogP contribution in [-0.2, 0) is 0 Å². The van der Waals surface area contributed by atoms with E-state index in [1.165, 1.54) is 0 Å². The summed E-state index contributed by atoms with van der Waals surface area (Å²) in [5, 5.41) is 0. The van der Waals surface area contributed by atoms with E-state index in [9.17, 15) is 0 Å². The van der Waals surface area contributed by atoms with E-state index < -0.39 is 0 Å². The first kappa shape index (κ1) is 13.6. The molecule has 0 saturated carbocycles. The second kappa shape index (κ2) is 5.85. The third kappa shape index (κ3) is 2.93. The monoisotopic (exact) mass is 255 g/mol. The number of hydrogen-bond donors (Lipinski definition) is 1. The molecule has 1 aromatic carbocycles. The van der Waals surface area contributed by atoms with Gasteiger partial charge < -0.3 is 10.6 Å². The number of pyridine rings is 1. The Balaban J connectivity index is 2.40. The van der Waals surface area contributed by atoms with E-state index in [-0.39, 0.29) is 6.04 Å². The minimum Gasteiger partial charge on any atom is -0.357 e. The Morgan fingerprint density at radius 1 is 1.05 bits per heavy atom. The van der Waals surface area contributed by atoms with Crippen molar-refractivity contribution >= 4 is 5.82 Å². The largest absolute Gasteiger partial charge is 0.357 e. The predicted molar refractivity (Wildman–Crippen MR) is 80.2 cm³/mol. The van der Waals surface area contributed by atoms with E-state index in [0.29, 0.717) is 6.04 Å². The van der Waals surface area contributed by atoms with Gasteiger partial charge in [0.15, 0.2) is 0 Å². The van der Waals surface area contributed by atoms with Crippen molar-refractivity contribution < 1.29 is 0 Å². The number of nitrogens with zero attached hydrogens (tertiary/aromatic N) is 2. The number of benzene rings is 1. The van der Waals surface area contributed by atoms with Crippen LogP contribution >= 0.6 is 0 Å². The molecule has 3 heteroatoms. The molecule has 2 aromatic rings. The number of hydrogen-bond acceptors (Lipinski definition) is 3. The van der Waals surface area contributed by atoms with Crippen LogP contribution in [0.15, 0.2) is 48.7 Å². The van der Waals surface area contributed by atoms with Crippen LogP contribution in [0, 0.1) is 0 Å². The van der Waals surface area contributed by atoms with Gasteiger partial charge in [-0.2, -0.15) is 0 Å². The maximum absolute atomic E-state index is 6.39. The zero-order valence-electron chi connectivity index (χ0n) is 11.7. The number of anilines is 1. The molecule has 0 bridgehead atoms. The second-order valence-electron chi connectivity index (χ2n) is 5.01. The van der Waals surface area contributed by atoms with Crippen LogP contribution in [0.25, 0.3) is 0 Å². The van der Waals surface area contributed by atoms with Crippen molar-refractivity contribution in [2.24, 2.45) is 5.73 Å². The zero-order valence-corrected chi connectivity index (χ0v) is 11.7. The molecular formula is C16H21N3. The standard InChI is InChI=1S/C16H21N3/c1-12(2)19(3)16-14(10-7-11-18-16)15(17)13-8-5-4-6-9-13/h4-12,15H,17H2,1-3H3. The minimum absolute atomic E-state index is 0.147. The van der Waals surface area contributed by atoms with E-state index in [0.717, 1.165) is 16.9 Å². The Morgan fingerprint density at radius 3 is 2.37 bits per heavy atom. The highest BCUT2D eigenvalue weighted by atomic mass is 15.2. The molecule has 3 nitrogen and oxygen atoms in total. The molecule has 0 fully saturated rings. The molecule has 1 aromatic heterocycles. The smallest absolute Gasteiger partial charge is 0.133 e. The molecule has 19 heavy (non-hydrogen) atoms. The number of aromatic nitrogens is 1. The number of nitrogens with two attached hydrogens (primary N) is 1. The lowest BCUT2D eigenvalue weighted by Gasteiger charge is -2.27. The maximum atomic E-state index is 6.39. The van der Waals surface area contributed by atoms with Gasteiger partial charge in [0.2, 0.25) is 0 Å². The SMILES string of the molecule is CC(C)N(C)c1ncccc1C(N)c1ccccc1. The summed E-state index contributed by atoms with van der Waals surface area (Å²) in [6.07, 6.45) is 1.81. The summed E-state index contributed by atoms with van der Waals surface area (Å²) in [5.74, 6) is 0.953. The fourth-order valence-electron chi connectivity index (χ4n) is 2.03. The van der Waals surface area contributed by atoms with Crippen LogP contribution in [0.1, 0.15) is 31.0 Å². The Kier molecular flexibility index (Phi) is 4.17. The van der Waals surface area contributed by atoms with E-state index in [4.69, 9.17) is 5.73 Å². The normalized spacial score (nSPS) is 12.5. The Bertz CT molecular complexity index is 523. The molecule has 100 valence electrons. The van der Waals surface area contributed by atoms with Crippen LogP contribution in [0.4, 0.5) is 5.82 Å². The van der Waals surface area contributed by atoms with Crippen molar-refractivity contribution in [3.8, 4) is 0 Å². The fraction of sp³-hybridized carbons (Fsp3) is 0.312. The average molecular weight is 255 g/mol. The summed E-state index contributed by atoms with van der Waals surface area (Å²) in [6, 6.07) is 14.4. The Morgan fingerprint density at radius 2 is 1.74 bits per heavy atom. The number of rotatable bonds is 4. The highest BCUT2D eigenvalue weighted by Crippen LogP contribution is 2.27. The van der Waals surface area contributed by atoms with Crippen molar-refractivity contribution in [3.63, 3.8) is 0 Å². The van der Waals surface area contributed by atoms with Gasteiger partial charge in [0.1, 0.15) is 5.82 Å². The molecule has 0 aliphatic carbocycles. The van der Waals surface area contributed by atoms with Gasteiger partial charge in [-0.05, 0) is 25.5 Å². The van der Waals surface area contributed by atoms with Crippen LogP contribution < -0.4 is 10.6 Å². The van der Waals surface area contributed by atoms with Gasteiger partial charge in [0.05, 0.1) is 6.04 Å². The highest BCUT2D eigenvalue weighted by Gasteiger charge is 2.17. The quantitative estimate of drug-likeness (QED) is 0.913. The maximum Gasteiger partial charge on any atom is 0.133 e. The van der Waals surface area contributed by atoms with Gasteiger partial charge >= 0.3 is 0 Å². The van der Waals surface area contributed by atoms with Crippen LogP contribution in [-0.4, -0.2) is 18.1 Å². The van der Waals surface area contributed by atoms with Gasteiger partial charge in [-0.25, -0.2) is 4.98 Å². The Labute approximate surface area is 115 Å². The van der Waals surface area contributed by atoms with Crippen molar-refractivity contribution in [2.45, 2.75) is 25.9 Å².